The summed E-state index contributed by atoms with van der Waals surface area (Å²) in [4.78, 5) is 0. The summed E-state index contributed by atoms with van der Waals surface area (Å²) < 4.78 is 0. The Morgan fingerprint density at radius 2 is 1.30 bits per heavy atom. The molecule has 0 heterocycles. The van der Waals surface area contributed by atoms with E-state index in [4.69, 9.17) is 0 Å². The molecule has 2 rings (SSSR count). The van der Waals surface area contributed by atoms with Crippen LogP contribution in [0.4, 0.5) is 0 Å². The van der Waals surface area contributed by atoms with Gasteiger partial charge in [0.1, 0.15) is 0 Å². The molecule has 2 aliphatic carbocycles. The maximum absolute atomic E-state index is 9.18. The molecule has 0 aromatic heterocycles. The number of rotatable bonds is 5. The fourth-order valence-electron chi connectivity index (χ4n) is 3.04. The zero-order valence-corrected chi connectivity index (χ0v) is 12.3. The van der Waals surface area contributed by atoms with E-state index in [1.54, 1.807) is 0 Å². The van der Waals surface area contributed by atoms with Crippen molar-refractivity contribution in [1.29, 1.82) is 0 Å². The predicted octanol–water partition coefficient (Wildman–Crippen LogP) is 3.54. The summed E-state index contributed by atoms with van der Waals surface area (Å²) in [7, 11) is 0. The van der Waals surface area contributed by atoms with Crippen molar-refractivity contribution in [2.24, 2.45) is 11.8 Å². The minimum absolute atomic E-state index is 0.283. The van der Waals surface area contributed by atoms with E-state index in [9.17, 15) is 10.2 Å². The Morgan fingerprint density at radius 1 is 0.900 bits per heavy atom. The Balaban J connectivity index is 1.98. The molecular weight excluding hydrogens is 248 g/mol. The van der Waals surface area contributed by atoms with Gasteiger partial charge in [-0.05, 0) is 72.7 Å². The molecule has 0 fully saturated rings. The van der Waals surface area contributed by atoms with E-state index < -0.39 is 0 Å². The van der Waals surface area contributed by atoms with Gasteiger partial charge in [-0.25, -0.2) is 0 Å². The molecular formula is C18H26O2. The highest BCUT2D eigenvalue weighted by Crippen LogP contribution is 2.35. The van der Waals surface area contributed by atoms with Gasteiger partial charge in [0, 0.05) is 13.2 Å². The van der Waals surface area contributed by atoms with Gasteiger partial charge < -0.3 is 10.2 Å². The molecule has 0 spiro atoms. The van der Waals surface area contributed by atoms with E-state index in [0.717, 1.165) is 49.7 Å². The van der Waals surface area contributed by atoms with Crippen LogP contribution in [0.15, 0.2) is 47.6 Å². The molecule has 110 valence electrons. The minimum atomic E-state index is 0.283. The van der Waals surface area contributed by atoms with E-state index in [-0.39, 0.29) is 13.2 Å². The lowest BCUT2D eigenvalue weighted by Crippen LogP contribution is -2.13. The largest absolute Gasteiger partial charge is 0.396 e. The summed E-state index contributed by atoms with van der Waals surface area (Å²) >= 11 is 0. The van der Waals surface area contributed by atoms with Crippen LogP contribution in [-0.4, -0.2) is 23.4 Å². The maximum Gasteiger partial charge on any atom is 0.0462 e. The van der Waals surface area contributed by atoms with Crippen LogP contribution in [0.3, 0.4) is 0 Å². The monoisotopic (exact) mass is 274 g/mol. The normalized spacial score (nSPS) is 26.7. The Morgan fingerprint density at radius 3 is 1.55 bits per heavy atom. The molecule has 0 amide bonds. The first-order valence-corrected chi connectivity index (χ1v) is 7.64. The highest BCUT2D eigenvalue weighted by molar-refractivity contribution is 5.53. The van der Waals surface area contributed by atoms with Crippen LogP contribution in [0.25, 0.3) is 0 Å². The van der Waals surface area contributed by atoms with Crippen LogP contribution < -0.4 is 0 Å². The van der Waals surface area contributed by atoms with Gasteiger partial charge in [0.15, 0.2) is 0 Å². The van der Waals surface area contributed by atoms with Gasteiger partial charge in [0.2, 0.25) is 0 Å². The lowest BCUT2D eigenvalue weighted by atomic mass is 9.80. The lowest BCUT2D eigenvalue weighted by Gasteiger charge is -2.25. The molecule has 20 heavy (non-hydrogen) atoms. The van der Waals surface area contributed by atoms with Crippen LogP contribution in [0.2, 0.25) is 0 Å². The van der Waals surface area contributed by atoms with Crippen LogP contribution in [-0.2, 0) is 0 Å². The van der Waals surface area contributed by atoms with E-state index in [0.29, 0.717) is 11.8 Å². The summed E-state index contributed by atoms with van der Waals surface area (Å²) in [5, 5.41) is 18.4. The van der Waals surface area contributed by atoms with Gasteiger partial charge in [-0.1, -0.05) is 25.3 Å². The molecule has 0 saturated carbocycles. The van der Waals surface area contributed by atoms with Gasteiger partial charge in [0.25, 0.3) is 0 Å². The van der Waals surface area contributed by atoms with Crippen molar-refractivity contribution in [3.8, 4) is 0 Å². The second-order valence-corrected chi connectivity index (χ2v) is 6.06. The highest BCUT2D eigenvalue weighted by Gasteiger charge is 2.20. The van der Waals surface area contributed by atoms with E-state index in [1.165, 1.54) is 11.1 Å². The van der Waals surface area contributed by atoms with Gasteiger partial charge in [-0.2, -0.15) is 0 Å². The number of hydrogen-bond acceptors (Lipinski definition) is 2. The van der Waals surface area contributed by atoms with Crippen LogP contribution in [0.5, 0.6) is 0 Å². The number of aliphatic hydroxyl groups is 2. The van der Waals surface area contributed by atoms with Crippen molar-refractivity contribution in [2.75, 3.05) is 13.2 Å². The molecule has 0 radical (unpaired) electrons. The molecule has 0 unspecified atom stereocenters. The average Bonchev–Trinajstić information content (AvgIpc) is 2.53. The number of aliphatic hydroxyl groups excluding tert-OH is 2. The van der Waals surface area contributed by atoms with Gasteiger partial charge in [-0.15, -0.1) is 0 Å². The Bertz CT molecular complexity index is 400. The molecule has 0 aromatic carbocycles. The molecule has 0 aliphatic heterocycles. The summed E-state index contributed by atoms with van der Waals surface area (Å²) in [6.07, 6.45) is 10.4. The van der Waals surface area contributed by atoms with Crippen LogP contribution >= 0.6 is 0 Å². The molecule has 2 heteroatoms. The molecule has 0 bridgehead atoms. The topological polar surface area (TPSA) is 40.5 Å². The molecule has 0 aromatic rings. The van der Waals surface area contributed by atoms with E-state index in [2.05, 4.69) is 25.3 Å². The van der Waals surface area contributed by atoms with Gasteiger partial charge >= 0.3 is 0 Å². The first-order valence-electron chi connectivity index (χ1n) is 7.64. The first-order chi connectivity index (χ1) is 9.65. The van der Waals surface area contributed by atoms with Crippen molar-refractivity contribution in [1.82, 2.24) is 0 Å². The average molecular weight is 274 g/mol. The zero-order chi connectivity index (χ0) is 14.5. The maximum atomic E-state index is 9.18. The van der Waals surface area contributed by atoms with Crippen LogP contribution in [0, 0.1) is 11.8 Å². The molecule has 0 saturated heterocycles. The van der Waals surface area contributed by atoms with Gasteiger partial charge in [-0.3, -0.25) is 0 Å². The van der Waals surface area contributed by atoms with Crippen molar-refractivity contribution in [3.05, 3.63) is 47.6 Å². The van der Waals surface area contributed by atoms with Crippen LogP contribution in [0.1, 0.15) is 38.5 Å². The fourth-order valence-corrected chi connectivity index (χ4v) is 3.04. The highest BCUT2D eigenvalue weighted by atomic mass is 16.3. The lowest BCUT2D eigenvalue weighted by molar-refractivity contribution is 0.216. The Labute approximate surface area is 122 Å². The Kier molecular flexibility index (Phi) is 5.38. The Hall–Kier alpha value is -1.12. The van der Waals surface area contributed by atoms with E-state index in [1.807, 2.05) is 0 Å². The quantitative estimate of drug-likeness (QED) is 0.753. The SMILES string of the molecule is C=C(C(=C)C1=CC[C@H](CO)CC1)C1=CC[C@H](CO)CC1. The third-order valence-corrected chi connectivity index (χ3v) is 4.69. The second-order valence-electron chi connectivity index (χ2n) is 6.06. The van der Waals surface area contributed by atoms with Gasteiger partial charge in [0.05, 0.1) is 0 Å². The standard InChI is InChI=1S/C18H26O2/c1-13(17-7-3-15(11-19)4-8-17)14(2)18-9-5-16(12-20)6-10-18/h7,9,15-16,19-20H,1-6,8,10-12H2/t15-,16-/m0/s1. The summed E-state index contributed by atoms with van der Waals surface area (Å²) in [5.74, 6) is 0.832. The molecule has 2 atom stereocenters. The number of hydrogen-bond donors (Lipinski definition) is 2. The number of allylic oxidation sites excluding steroid dienone is 6. The van der Waals surface area contributed by atoms with Crippen molar-refractivity contribution >= 4 is 0 Å². The van der Waals surface area contributed by atoms with Crippen molar-refractivity contribution < 1.29 is 10.2 Å². The third-order valence-electron chi connectivity index (χ3n) is 4.69. The smallest absolute Gasteiger partial charge is 0.0462 e. The van der Waals surface area contributed by atoms with Crippen molar-refractivity contribution in [3.63, 3.8) is 0 Å². The molecule has 2 N–H and O–H groups in total. The zero-order valence-electron chi connectivity index (χ0n) is 12.3. The predicted molar refractivity (Wildman–Crippen MR) is 83.3 cm³/mol. The second kappa shape index (κ2) is 7.05. The summed E-state index contributed by atoms with van der Waals surface area (Å²) in [5.41, 5.74) is 4.72. The first kappa shape index (κ1) is 15.3. The summed E-state index contributed by atoms with van der Waals surface area (Å²) in [6, 6.07) is 0. The minimum Gasteiger partial charge on any atom is -0.396 e. The fraction of sp³-hybridized carbons (Fsp3) is 0.556. The molecule has 2 nitrogen and oxygen atoms in total. The molecule has 2 aliphatic rings. The van der Waals surface area contributed by atoms with Crippen molar-refractivity contribution in [2.45, 2.75) is 38.5 Å². The third kappa shape index (κ3) is 3.50. The summed E-state index contributed by atoms with van der Waals surface area (Å²) in [6.45, 7) is 9.01. The van der Waals surface area contributed by atoms with E-state index >= 15 is 0 Å².